The molecular formula is C12H14BrFO3. The largest absolute Gasteiger partial charge is 0.478 e. The van der Waals surface area contributed by atoms with E-state index in [2.05, 4.69) is 15.9 Å². The van der Waals surface area contributed by atoms with Gasteiger partial charge in [0.2, 0.25) is 0 Å². The molecular weight excluding hydrogens is 291 g/mol. The van der Waals surface area contributed by atoms with Gasteiger partial charge < -0.3 is 10.2 Å². The number of carbonyl (C=O) groups is 1. The van der Waals surface area contributed by atoms with Gasteiger partial charge in [0.1, 0.15) is 0 Å². The van der Waals surface area contributed by atoms with Gasteiger partial charge in [0.15, 0.2) is 0 Å². The average Bonchev–Trinajstić information content (AvgIpc) is 2.29. The van der Waals surface area contributed by atoms with Crippen LogP contribution in [0, 0.1) is 0 Å². The molecule has 0 spiro atoms. The summed E-state index contributed by atoms with van der Waals surface area (Å²) in [6, 6.07) is 4.71. The Morgan fingerprint density at radius 3 is 2.71 bits per heavy atom. The Balaban J connectivity index is 2.84. The molecule has 5 heteroatoms. The zero-order valence-electron chi connectivity index (χ0n) is 9.20. The van der Waals surface area contributed by atoms with Gasteiger partial charge in [-0.25, -0.2) is 4.79 Å². The molecule has 0 amide bonds. The molecule has 0 radical (unpaired) electrons. The quantitative estimate of drug-likeness (QED) is 0.793. The third-order valence-corrected chi connectivity index (χ3v) is 2.96. The molecule has 94 valence electrons. The van der Waals surface area contributed by atoms with E-state index in [0.717, 1.165) is 0 Å². The Kier molecular flexibility index (Phi) is 5.58. The van der Waals surface area contributed by atoms with Crippen molar-refractivity contribution >= 4 is 21.9 Å². The summed E-state index contributed by atoms with van der Waals surface area (Å²) in [5.74, 6) is -1.08. The molecule has 0 saturated heterocycles. The molecule has 1 atom stereocenters. The molecule has 0 aromatic heterocycles. The number of aliphatic hydroxyl groups is 1. The third kappa shape index (κ3) is 4.09. The third-order valence-electron chi connectivity index (χ3n) is 2.47. The standard InChI is InChI=1S/C12H14BrFO3/c13-8-4-5-9(10(7-8)12(16)17)11(15)3-1-2-6-14/h4-5,7,11,15H,1-3,6H2,(H,16,17). The van der Waals surface area contributed by atoms with Crippen LogP contribution in [0.3, 0.4) is 0 Å². The van der Waals surface area contributed by atoms with Crippen LogP contribution in [0.2, 0.25) is 0 Å². The van der Waals surface area contributed by atoms with Crippen molar-refractivity contribution in [2.75, 3.05) is 6.67 Å². The highest BCUT2D eigenvalue weighted by molar-refractivity contribution is 9.10. The molecule has 1 unspecified atom stereocenters. The Morgan fingerprint density at radius 1 is 1.41 bits per heavy atom. The zero-order valence-corrected chi connectivity index (χ0v) is 10.8. The second-order valence-corrected chi connectivity index (χ2v) is 4.65. The second kappa shape index (κ2) is 6.71. The van der Waals surface area contributed by atoms with Crippen LogP contribution in [0.25, 0.3) is 0 Å². The Bertz CT molecular complexity index is 395. The molecule has 2 N–H and O–H groups in total. The fraction of sp³-hybridized carbons (Fsp3) is 0.417. The van der Waals surface area contributed by atoms with E-state index in [0.29, 0.717) is 29.3 Å². The molecule has 3 nitrogen and oxygen atoms in total. The molecule has 17 heavy (non-hydrogen) atoms. The molecule has 0 heterocycles. The van der Waals surface area contributed by atoms with Gasteiger partial charge in [-0.3, -0.25) is 4.39 Å². The lowest BCUT2D eigenvalue weighted by molar-refractivity contribution is 0.0687. The maximum Gasteiger partial charge on any atom is 0.336 e. The number of carboxylic acid groups (broad SMARTS) is 1. The lowest BCUT2D eigenvalue weighted by Crippen LogP contribution is -2.07. The number of aromatic carboxylic acids is 1. The van der Waals surface area contributed by atoms with Crippen LogP contribution in [0.15, 0.2) is 22.7 Å². The summed E-state index contributed by atoms with van der Waals surface area (Å²) in [6.07, 6.45) is 0.426. The average molecular weight is 305 g/mol. The monoisotopic (exact) mass is 304 g/mol. The first-order chi connectivity index (χ1) is 8.06. The predicted molar refractivity (Wildman–Crippen MR) is 65.9 cm³/mol. The van der Waals surface area contributed by atoms with Crippen LogP contribution in [0.5, 0.6) is 0 Å². The Labute approximate surface area is 107 Å². The van der Waals surface area contributed by atoms with Gasteiger partial charge in [0, 0.05) is 4.47 Å². The molecule has 0 saturated carbocycles. The summed E-state index contributed by atoms with van der Waals surface area (Å²) < 4.78 is 12.6. The van der Waals surface area contributed by atoms with Crippen LogP contribution in [-0.4, -0.2) is 22.9 Å². The highest BCUT2D eigenvalue weighted by atomic mass is 79.9. The Hall–Kier alpha value is -0.940. The number of rotatable bonds is 6. The van der Waals surface area contributed by atoms with Gasteiger partial charge in [0.05, 0.1) is 18.3 Å². The molecule has 1 rings (SSSR count). The van der Waals surface area contributed by atoms with Crippen molar-refractivity contribution in [2.24, 2.45) is 0 Å². The first-order valence-corrected chi connectivity index (χ1v) is 6.12. The summed E-state index contributed by atoms with van der Waals surface area (Å²) in [5.41, 5.74) is 0.451. The van der Waals surface area contributed by atoms with Gasteiger partial charge in [-0.2, -0.15) is 0 Å². The number of alkyl halides is 1. The van der Waals surface area contributed by atoms with E-state index in [4.69, 9.17) is 5.11 Å². The maximum atomic E-state index is 11.9. The van der Waals surface area contributed by atoms with Crippen molar-refractivity contribution in [1.29, 1.82) is 0 Å². The van der Waals surface area contributed by atoms with Gasteiger partial charge in [0.25, 0.3) is 0 Å². The van der Waals surface area contributed by atoms with E-state index in [-0.39, 0.29) is 5.56 Å². The minimum absolute atomic E-state index is 0.0760. The lowest BCUT2D eigenvalue weighted by Gasteiger charge is -2.13. The second-order valence-electron chi connectivity index (χ2n) is 3.74. The maximum absolute atomic E-state index is 11.9. The number of aliphatic hydroxyl groups excluding tert-OH is 1. The van der Waals surface area contributed by atoms with E-state index in [9.17, 15) is 14.3 Å². The number of hydrogen-bond acceptors (Lipinski definition) is 2. The van der Waals surface area contributed by atoms with Gasteiger partial charge in [-0.05, 0) is 37.0 Å². The van der Waals surface area contributed by atoms with Gasteiger partial charge >= 0.3 is 5.97 Å². The van der Waals surface area contributed by atoms with E-state index >= 15 is 0 Å². The molecule has 0 aliphatic carbocycles. The number of unbranched alkanes of at least 4 members (excludes halogenated alkanes) is 1. The first kappa shape index (κ1) is 14.1. The SMILES string of the molecule is O=C(O)c1cc(Br)ccc1C(O)CCCCF. The molecule has 0 fully saturated rings. The molecule has 0 aliphatic rings. The zero-order chi connectivity index (χ0) is 12.8. The molecule has 1 aromatic carbocycles. The van der Waals surface area contributed by atoms with E-state index in [1.165, 1.54) is 6.07 Å². The highest BCUT2D eigenvalue weighted by Gasteiger charge is 2.16. The fourth-order valence-corrected chi connectivity index (χ4v) is 1.95. The minimum atomic E-state index is -1.08. The van der Waals surface area contributed by atoms with Crippen LogP contribution < -0.4 is 0 Å². The summed E-state index contributed by atoms with van der Waals surface area (Å²) in [4.78, 5) is 11.0. The van der Waals surface area contributed by atoms with Crippen LogP contribution in [0.1, 0.15) is 41.3 Å². The van der Waals surface area contributed by atoms with Gasteiger partial charge in [-0.1, -0.05) is 22.0 Å². The van der Waals surface area contributed by atoms with E-state index < -0.39 is 18.7 Å². The normalized spacial score (nSPS) is 12.4. The van der Waals surface area contributed by atoms with Crippen molar-refractivity contribution in [3.63, 3.8) is 0 Å². The number of carboxylic acids is 1. The number of halogens is 2. The molecule has 1 aromatic rings. The van der Waals surface area contributed by atoms with E-state index in [1.807, 2.05) is 0 Å². The van der Waals surface area contributed by atoms with Crippen LogP contribution in [0.4, 0.5) is 4.39 Å². The summed E-state index contributed by atoms with van der Waals surface area (Å²) in [6.45, 7) is -0.418. The number of hydrogen-bond donors (Lipinski definition) is 2. The summed E-state index contributed by atoms with van der Waals surface area (Å²) in [7, 11) is 0. The van der Waals surface area contributed by atoms with Crippen molar-refractivity contribution in [3.05, 3.63) is 33.8 Å². The van der Waals surface area contributed by atoms with Crippen LogP contribution >= 0.6 is 15.9 Å². The number of benzene rings is 1. The molecule has 0 bridgehead atoms. The van der Waals surface area contributed by atoms with Crippen molar-refractivity contribution in [3.8, 4) is 0 Å². The highest BCUT2D eigenvalue weighted by Crippen LogP contribution is 2.25. The lowest BCUT2D eigenvalue weighted by atomic mass is 9.98. The topological polar surface area (TPSA) is 57.5 Å². The van der Waals surface area contributed by atoms with E-state index in [1.54, 1.807) is 12.1 Å². The summed E-state index contributed by atoms with van der Waals surface area (Å²) in [5, 5.41) is 18.9. The Morgan fingerprint density at radius 2 is 2.12 bits per heavy atom. The summed E-state index contributed by atoms with van der Waals surface area (Å²) >= 11 is 3.18. The smallest absolute Gasteiger partial charge is 0.336 e. The first-order valence-electron chi connectivity index (χ1n) is 5.33. The van der Waals surface area contributed by atoms with Crippen molar-refractivity contribution < 1.29 is 19.4 Å². The van der Waals surface area contributed by atoms with Gasteiger partial charge in [-0.15, -0.1) is 0 Å². The van der Waals surface area contributed by atoms with Crippen molar-refractivity contribution in [2.45, 2.75) is 25.4 Å². The van der Waals surface area contributed by atoms with Crippen molar-refractivity contribution in [1.82, 2.24) is 0 Å². The predicted octanol–water partition coefficient (Wildman–Crippen LogP) is 3.32. The molecule has 0 aliphatic heterocycles. The minimum Gasteiger partial charge on any atom is -0.478 e. The van der Waals surface area contributed by atoms with Crippen LogP contribution in [-0.2, 0) is 0 Å². The fourth-order valence-electron chi connectivity index (χ4n) is 1.59.